The van der Waals surface area contributed by atoms with E-state index in [0.29, 0.717) is 18.0 Å². The van der Waals surface area contributed by atoms with Crippen LogP contribution in [-0.2, 0) is 17.8 Å². The van der Waals surface area contributed by atoms with E-state index in [9.17, 15) is 9.90 Å². The van der Waals surface area contributed by atoms with Gasteiger partial charge in [-0.05, 0) is 67.1 Å². The minimum atomic E-state index is -1.46. The summed E-state index contributed by atoms with van der Waals surface area (Å²) in [4.78, 5) is 22.9. The fraction of sp³-hybridized carbons (Fsp3) is 0.351. The van der Waals surface area contributed by atoms with Crippen molar-refractivity contribution >= 4 is 32.9 Å². The Labute approximate surface area is 297 Å². The second-order valence-electron chi connectivity index (χ2n) is 12.4. The summed E-state index contributed by atoms with van der Waals surface area (Å²) in [6.07, 6.45) is -0.942. The van der Waals surface area contributed by atoms with Crippen LogP contribution in [0.25, 0.3) is 22.3 Å². The lowest BCUT2D eigenvalue weighted by molar-refractivity contribution is -0.0365. The molecule has 13 heteroatoms. The first kappa shape index (κ1) is 33.7. The Morgan fingerprint density at radius 1 is 1.02 bits per heavy atom. The normalized spacial score (nSPS) is 20.8. The first-order valence-corrected chi connectivity index (χ1v) is 17.4. The van der Waals surface area contributed by atoms with Crippen molar-refractivity contribution < 1.29 is 33.2 Å². The van der Waals surface area contributed by atoms with Gasteiger partial charge in [0, 0.05) is 35.5 Å². The molecule has 2 fully saturated rings. The van der Waals surface area contributed by atoms with Gasteiger partial charge < -0.3 is 29.0 Å². The van der Waals surface area contributed by atoms with Gasteiger partial charge in [0.2, 0.25) is 5.88 Å². The molecular formula is C37H37BrFN5O6. The molecule has 50 heavy (non-hydrogen) atoms. The highest BCUT2D eigenvalue weighted by Gasteiger charge is 2.43. The molecule has 260 valence electrons. The molecule has 3 aromatic carbocycles. The van der Waals surface area contributed by atoms with Gasteiger partial charge in [0.05, 0.1) is 18.7 Å². The van der Waals surface area contributed by atoms with Crippen LogP contribution in [0, 0.1) is 0 Å². The van der Waals surface area contributed by atoms with Crippen LogP contribution >= 0.6 is 15.9 Å². The molecule has 4 atom stereocenters. The maximum absolute atomic E-state index is 15.9. The fourth-order valence-corrected chi connectivity index (χ4v) is 6.93. The topological polar surface area (TPSA) is 121 Å². The zero-order valence-electron chi connectivity index (χ0n) is 27.5. The summed E-state index contributed by atoms with van der Waals surface area (Å²) in [7, 11) is 1.60. The number of rotatable bonds is 10. The van der Waals surface area contributed by atoms with Crippen LogP contribution < -0.4 is 14.2 Å². The van der Waals surface area contributed by atoms with E-state index in [1.807, 2.05) is 77.5 Å². The number of nitrogens with zero attached hydrogens (tertiary/aromatic N) is 5. The van der Waals surface area contributed by atoms with E-state index in [1.165, 1.54) is 4.90 Å². The predicted octanol–water partition coefficient (Wildman–Crippen LogP) is 7.62. The molecule has 1 N–H and O–H groups in total. The molecule has 2 aliphatic rings. The van der Waals surface area contributed by atoms with Crippen LogP contribution in [0.2, 0.25) is 0 Å². The van der Waals surface area contributed by atoms with Crippen molar-refractivity contribution in [1.29, 1.82) is 0 Å². The van der Waals surface area contributed by atoms with Gasteiger partial charge in [0.1, 0.15) is 29.9 Å². The molecule has 0 bridgehead atoms. The second-order valence-corrected chi connectivity index (χ2v) is 13.3. The Balaban J connectivity index is 1.29. The van der Waals surface area contributed by atoms with Crippen molar-refractivity contribution in [3.63, 3.8) is 0 Å². The fourth-order valence-electron chi connectivity index (χ4n) is 6.57. The zero-order chi connectivity index (χ0) is 34.6. The molecule has 4 unspecified atom stereocenters. The molecule has 2 aliphatic heterocycles. The Kier molecular flexibility index (Phi) is 10.1. The SMILES string of the molecule is COc1ccc(COc2cc(-c3nn(C4CCCCO4)c4ccc(Br)cc34)nc(OC3C(F)CCN(C(=O)O)C3Cc3ccccc3)n2)cc1. The lowest BCUT2D eigenvalue weighted by Crippen LogP contribution is -2.58. The molecule has 0 spiro atoms. The Morgan fingerprint density at radius 3 is 2.58 bits per heavy atom. The quantitative estimate of drug-likeness (QED) is 0.154. The van der Waals surface area contributed by atoms with Crippen LogP contribution in [0.4, 0.5) is 9.18 Å². The molecule has 4 heterocycles. The standard InChI is InChI=1S/C37H37BrFN5O6/c1-47-26-13-10-24(11-14-26)22-49-32-21-29(34-27-20-25(38)12-15-30(27)44(42-34)33-9-5-6-18-48-33)40-36(41-32)50-35-28(39)16-17-43(37(45)46)31(35)19-23-7-3-2-4-8-23/h2-4,7-8,10-15,20-21,28,31,33,35H,5-6,9,16-19,22H2,1H3,(H,45,46). The molecule has 11 nitrogen and oxygen atoms in total. The van der Waals surface area contributed by atoms with Gasteiger partial charge in [0.25, 0.3) is 0 Å². The summed E-state index contributed by atoms with van der Waals surface area (Å²) in [6, 6.07) is 23.5. The van der Waals surface area contributed by atoms with Crippen LogP contribution in [0.15, 0.2) is 83.3 Å². The van der Waals surface area contributed by atoms with Crippen molar-refractivity contribution in [1.82, 2.24) is 24.6 Å². The number of ether oxygens (including phenoxy) is 4. The highest BCUT2D eigenvalue weighted by atomic mass is 79.9. The first-order valence-electron chi connectivity index (χ1n) is 16.6. The van der Waals surface area contributed by atoms with Gasteiger partial charge in [-0.3, -0.25) is 0 Å². The lowest BCUT2D eigenvalue weighted by atomic mass is 9.92. The van der Waals surface area contributed by atoms with Crippen molar-refractivity contribution in [3.05, 3.63) is 94.5 Å². The summed E-state index contributed by atoms with van der Waals surface area (Å²) in [5.74, 6) is 0.909. The average molecular weight is 747 g/mol. The van der Waals surface area contributed by atoms with Crippen molar-refractivity contribution in [3.8, 4) is 29.0 Å². The van der Waals surface area contributed by atoms with E-state index in [1.54, 1.807) is 13.2 Å². The maximum Gasteiger partial charge on any atom is 0.407 e. The maximum atomic E-state index is 15.9. The summed E-state index contributed by atoms with van der Waals surface area (Å²) < 4.78 is 42.5. The van der Waals surface area contributed by atoms with E-state index in [2.05, 4.69) is 20.9 Å². The summed E-state index contributed by atoms with van der Waals surface area (Å²) >= 11 is 3.60. The second kappa shape index (κ2) is 15.0. The summed E-state index contributed by atoms with van der Waals surface area (Å²) in [5.41, 5.74) is 3.55. The van der Waals surface area contributed by atoms with E-state index < -0.39 is 24.4 Å². The molecular weight excluding hydrogens is 709 g/mol. The molecule has 2 aromatic heterocycles. The van der Waals surface area contributed by atoms with E-state index in [4.69, 9.17) is 29.0 Å². The third-order valence-corrected chi connectivity index (χ3v) is 9.62. The van der Waals surface area contributed by atoms with E-state index >= 15 is 4.39 Å². The number of hydrogen-bond donors (Lipinski definition) is 1. The van der Waals surface area contributed by atoms with Gasteiger partial charge in [-0.1, -0.05) is 58.4 Å². The first-order chi connectivity index (χ1) is 24.4. The number of carboxylic acid groups (broad SMARTS) is 1. The number of halogens is 2. The summed E-state index contributed by atoms with van der Waals surface area (Å²) in [5, 5.41) is 15.9. The molecule has 0 aliphatic carbocycles. The minimum absolute atomic E-state index is 0.0206. The number of methoxy groups -OCH3 is 1. The Morgan fingerprint density at radius 2 is 1.84 bits per heavy atom. The van der Waals surface area contributed by atoms with Gasteiger partial charge in [-0.2, -0.15) is 15.1 Å². The number of benzene rings is 3. The third-order valence-electron chi connectivity index (χ3n) is 9.12. The molecule has 0 radical (unpaired) electrons. The van der Waals surface area contributed by atoms with Crippen LogP contribution in [0.1, 0.15) is 43.0 Å². The van der Waals surface area contributed by atoms with Crippen LogP contribution in [0.5, 0.6) is 17.6 Å². The number of likely N-dealkylation sites (tertiary alicyclic amines) is 1. The Bertz CT molecular complexity index is 1940. The summed E-state index contributed by atoms with van der Waals surface area (Å²) in [6.45, 7) is 0.873. The highest BCUT2D eigenvalue weighted by molar-refractivity contribution is 9.10. The number of carbonyl (C=O) groups is 1. The van der Waals surface area contributed by atoms with Crippen LogP contribution in [0.3, 0.4) is 0 Å². The number of amides is 1. The van der Waals surface area contributed by atoms with Gasteiger partial charge >= 0.3 is 12.1 Å². The van der Waals surface area contributed by atoms with E-state index in [-0.39, 0.29) is 44.1 Å². The van der Waals surface area contributed by atoms with E-state index in [0.717, 1.165) is 51.5 Å². The predicted molar refractivity (Wildman–Crippen MR) is 187 cm³/mol. The van der Waals surface area contributed by atoms with Crippen molar-refractivity contribution in [2.24, 2.45) is 0 Å². The third kappa shape index (κ3) is 7.38. The number of hydrogen-bond acceptors (Lipinski definition) is 8. The number of fused-ring (bicyclic) bond motifs is 1. The lowest BCUT2D eigenvalue weighted by Gasteiger charge is -2.41. The zero-order valence-corrected chi connectivity index (χ0v) is 29.0. The molecule has 2 saturated heterocycles. The smallest absolute Gasteiger partial charge is 0.407 e. The molecule has 1 amide bonds. The van der Waals surface area contributed by atoms with Crippen molar-refractivity contribution in [2.75, 3.05) is 20.3 Å². The molecule has 5 aromatic rings. The van der Waals surface area contributed by atoms with Gasteiger partial charge in [0.15, 0.2) is 12.3 Å². The van der Waals surface area contributed by atoms with Gasteiger partial charge in [-0.25, -0.2) is 13.9 Å². The minimum Gasteiger partial charge on any atom is -0.497 e. The highest BCUT2D eigenvalue weighted by Crippen LogP contribution is 2.36. The Hall–Kier alpha value is -4.75. The number of aromatic nitrogens is 4. The number of piperidine rings is 1. The largest absolute Gasteiger partial charge is 0.497 e. The number of alkyl halides is 1. The monoisotopic (exact) mass is 745 g/mol. The molecule has 7 rings (SSSR count). The average Bonchev–Trinajstić information content (AvgIpc) is 3.52. The van der Waals surface area contributed by atoms with Crippen molar-refractivity contribution in [2.45, 2.75) is 63.3 Å². The van der Waals surface area contributed by atoms with Crippen LogP contribution in [-0.4, -0.2) is 74.4 Å². The molecule has 0 saturated carbocycles. The van der Waals surface area contributed by atoms with Gasteiger partial charge in [-0.15, -0.1) is 0 Å².